The lowest BCUT2D eigenvalue weighted by atomic mass is 9.86. The summed E-state index contributed by atoms with van der Waals surface area (Å²) in [6.45, 7) is 4.61. The number of hydrogen-bond acceptors (Lipinski definition) is 5. The maximum Gasteiger partial charge on any atom is 0.309 e. The van der Waals surface area contributed by atoms with E-state index in [2.05, 4.69) is 4.98 Å². The van der Waals surface area contributed by atoms with E-state index in [1.165, 1.54) is 16.9 Å². The number of carboxylic acids is 1. The minimum Gasteiger partial charge on any atom is -0.481 e. The average molecular weight is 422 g/mol. The quantitative estimate of drug-likeness (QED) is 0.682. The number of aromatic nitrogens is 1. The summed E-state index contributed by atoms with van der Waals surface area (Å²) in [7, 11) is 0. The van der Waals surface area contributed by atoms with Crippen molar-refractivity contribution in [2.75, 3.05) is 13.2 Å². The molecule has 7 heteroatoms. The number of benzene rings is 1. The Kier molecular flexibility index (Phi) is 6.53. The summed E-state index contributed by atoms with van der Waals surface area (Å²) in [4.78, 5) is 28.2. The first kappa shape index (κ1) is 21.0. The van der Waals surface area contributed by atoms with Gasteiger partial charge in [0.2, 0.25) is 0 Å². The maximum atomic E-state index is 12.3. The first-order valence-corrected chi connectivity index (χ1v) is 10.6. The Hall–Kier alpha value is -1.76. The Labute approximate surface area is 173 Å². The van der Waals surface area contributed by atoms with Crippen molar-refractivity contribution in [1.82, 2.24) is 4.98 Å². The lowest BCUT2D eigenvalue weighted by Gasteiger charge is -2.24. The van der Waals surface area contributed by atoms with Gasteiger partial charge in [0.05, 0.1) is 11.1 Å². The molecule has 0 unspecified atom stereocenters. The molecule has 3 rings (SSSR count). The molecule has 0 aliphatic carbocycles. The van der Waals surface area contributed by atoms with Crippen LogP contribution in [-0.2, 0) is 20.7 Å². The molecule has 2 aromatic rings. The molecule has 5 nitrogen and oxygen atoms in total. The minimum absolute atomic E-state index is 0.0105. The predicted molar refractivity (Wildman–Crippen MR) is 110 cm³/mol. The van der Waals surface area contributed by atoms with Crippen LogP contribution in [0, 0.1) is 5.41 Å². The van der Waals surface area contributed by atoms with Crippen LogP contribution in [0.4, 0.5) is 0 Å². The van der Waals surface area contributed by atoms with Gasteiger partial charge in [-0.25, -0.2) is 4.98 Å². The number of carbonyl (C=O) groups is 2. The van der Waals surface area contributed by atoms with Crippen LogP contribution >= 0.6 is 22.9 Å². The Balaban J connectivity index is 1.78. The molecule has 28 heavy (non-hydrogen) atoms. The second-order valence-electron chi connectivity index (χ2n) is 7.84. The van der Waals surface area contributed by atoms with E-state index >= 15 is 0 Å². The topological polar surface area (TPSA) is 76.5 Å². The van der Waals surface area contributed by atoms with E-state index in [0.717, 1.165) is 36.6 Å². The highest BCUT2D eigenvalue weighted by Gasteiger charge is 2.30. The predicted octanol–water partition coefficient (Wildman–Crippen LogP) is 4.97. The van der Waals surface area contributed by atoms with Crippen molar-refractivity contribution in [1.29, 1.82) is 0 Å². The van der Waals surface area contributed by atoms with E-state index in [1.54, 1.807) is 13.8 Å². The fourth-order valence-electron chi connectivity index (χ4n) is 3.42. The van der Waals surface area contributed by atoms with Gasteiger partial charge in [-0.1, -0.05) is 17.7 Å². The first-order valence-electron chi connectivity index (χ1n) is 9.33. The minimum atomic E-state index is -1.07. The zero-order valence-electron chi connectivity index (χ0n) is 16.0. The van der Waals surface area contributed by atoms with E-state index < -0.39 is 11.4 Å². The van der Waals surface area contributed by atoms with Crippen LogP contribution in [0.5, 0.6) is 0 Å². The molecule has 0 amide bonds. The lowest BCUT2D eigenvalue weighted by Crippen LogP contribution is -2.27. The van der Waals surface area contributed by atoms with E-state index in [0.29, 0.717) is 16.6 Å². The standard InChI is InChI=1S/C21H24ClNO4S/c1-21(2,20(25)26)11-16(24)10-15-12-28-19(23-15)17-4-3-14(22)9-18(17)13-5-7-27-8-6-13/h3-4,9,12-13H,5-8,10-11H2,1-2H3,(H,25,26). The number of Topliss-reactive ketones (excluding diaryl/α,β-unsaturated/α-hetero) is 1. The summed E-state index contributed by atoms with van der Waals surface area (Å²) in [6, 6.07) is 5.86. The van der Waals surface area contributed by atoms with Crippen LogP contribution in [0.3, 0.4) is 0 Å². The van der Waals surface area contributed by atoms with E-state index in [-0.39, 0.29) is 18.6 Å². The van der Waals surface area contributed by atoms with Gasteiger partial charge < -0.3 is 9.84 Å². The number of halogens is 1. The van der Waals surface area contributed by atoms with Crippen LogP contribution in [-0.4, -0.2) is 35.1 Å². The van der Waals surface area contributed by atoms with Crippen molar-refractivity contribution in [3.05, 3.63) is 39.9 Å². The summed E-state index contributed by atoms with van der Waals surface area (Å²) in [5.41, 5.74) is 1.84. The molecular formula is C21H24ClNO4S. The van der Waals surface area contributed by atoms with Gasteiger partial charge in [-0.05, 0) is 50.3 Å². The monoisotopic (exact) mass is 421 g/mol. The molecule has 150 valence electrons. The zero-order valence-corrected chi connectivity index (χ0v) is 17.6. The summed E-state index contributed by atoms with van der Waals surface area (Å²) >= 11 is 7.74. The Morgan fingerprint density at radius 3 is 2.71 bits per heavy atom. The normalized spacial score (nSPS) is 15.5. The molecule has 0 saturated carbocycles. The molecule has 0 spiro atoms. The highest BCUT2D eigenvalue weighted by molar-refractivity contribution is 7.13. The molecule has 0 radical (unpaired) electrons. The van der Waals surface area contributed by atoms with Crippen molar-refractivity contribution in [2.45, 2.75) is 45.4 Å². The second kappa shape index (κ2) is 8.72. The summed E-state index contributed by atoms with van der Waals surface area (Å²) in [5, 5.41) is 12.6. The smallest absolute Gasteiger partial charge is 0.309 e. The SMILES string of the molecule is CC(C)(CC(=O)Cc1csc(-c2ccc(Cl)cc2C2CCOCC2)n1)C(=O)O. The maximum absolute atomic E-state index is 12.3. The van der Waals surface area contributed by atoms with Gasteiger partial charge >= 0.3 is 5.97 Å². The molecule has 0 atom stereocenters. The summed E-state index contributed by atoms with van der Waals surface area (Å²) in [5.74, 6) is -0.708. The number of carbonyl (C=O) groups excluding carboxylic acids is 1. The average Bonchev–Trinajstić information content (AvgIpc) is 3.09. The third kappa shape index (κ3) is 4.99. The van der Waals surface area contributed by atoms with Gasteiger partial charge in [0, 0.05) is 42.0 Å². The van der Waals surface area contributed by atoms with Crippen LogP contribution in [0.2, 0.25) is 5.02 Å². The molecule has 2 heterocycles. The first-order chi connectivity index (χ1) is 13.3. The van der Waals surface area contributed by atoms with Gasteiger partial charge in [-0.2, -0.15) is 0 Å². The number of nitrogens with zero attached hydrogens (tertiary/aromatic N) is 1. The van der Waals surface area contributed by atoms with Crippen LogP contribution < -0.4 is 0 Å². The molecule has 1 aromatic heterocycles. The number of ketones is 1. The fourth-order valence-corrected chi connectivity index (χ4v) is 4.47. The molecule has 1 fully saturated rings. The number of carboxylic acid groups (broad SMARTS) is 1. The molecule has 1 saturated heterocycles. The molecular weight excluding hydrogens is 398 g/mol. The van der Waals surface area contributed by atoms with Crippen LogP contribution in [0.25, 0.3) is 10.6 Å². The Bertz CT molecular complexity index is 871. The van der Waals surface area contributed by atoms with Crippen LogP contribution in [0.15, 0.2) is 23.6 Å². The number of ether oxygens (including phenoxy) is 1. The number of hydrogen-bond donors (Lipinski definition) is 1. The van der Waals surface area contributed by atoms with E-state index in [4.69, 9.17) is 16.3 Å². The lowest BCUT2D eigenvalue weighted by molar-refractivity contribution is -0.149. The molecule has 1 aromatic carbocycles. The summed E-state index contributed by atoms with van der Waals surface area (Å²) in [6.07, 6.45) is 2.04. The van der Waals surface area contributed by atoms with Crippen molar-refractivity contribution >= 4 is 34.7 Å². The van der Waals surface area contributed by atoms with Gasteiger partial charge in [0.1, 0.15) is 10.8 Å². The second-order valence-corrected chi connectivity index (χ2v) is 9.14. The highest BCUT2D eigenvalue weighted by atomic mass is 35.5. The van der Waals surface area contributed by atoms with Crippen molar-refractivity contribution in [3.63, 3.8) is 0 Å². The molecule has 0 bridgehead atoms. The largest absolute Gasteiger partial charge is 0.481 e. The number of aliphatic carboxylic acids is 1. The van der Waals surface area contributed by atoms with E-state index in [1.807, 2.05) is 23.6 Å². The molecule has 1 aliphatic rings. The Morgan fingerprint density at radius 1 is 1.32 bits per heavy atom. The van der Waals surface area contributed by atoms with Gasteiger partial charge in [0.15, 0.2) is 0 Å². The Morgan fingerprint density at radius 2 is 2.04 bits per heavy atom. The number of thiazole rings is 1. The summed E-state index contributed by atoms with van der Waals surface area (Å²) < 4.78 is 5.48. The zero-order chi connectivity index (χ0) is 20.3. The van der Waals surface area contributed by atoms with Crippen molar-refractivity contribution in [3.8, 4) is 10.6 Å². The fraction of sp³-hybridized carbons (Fsp3) is 0.476. The highest BCUT2D eigenvalue weighted by Crippen LogP contribution is 2.37. The van der Waals surface area contributed by atoms with Gasteiger partial charge in [-0.3, -0.25) is 9.59 Å². The molecule has 1 aliphatic heterocycles. The van der Waals surface area contributed by atoms with Gasteiger partial charge in [-0.15, -0.1) is 11.3 Å². The third-order valence-corrected chi connectivity index (χ3v) is 6.21. The third-order valence-electron chi connectivity index (χ3n) is 5.05. The van der Waals surface area contributed by atoms with E-state index in [9.17, 15) is 14.7 Å². The van der Waals surface area contributed by atoms with Crippen molar-refractivity contribution < 1.29 is 19.4 Å². The molecule has 1 N–H and O–H groups in total. The van der Waals surface area contributed by atoms with Gasteiger partial charge in [0.25, 0.3) is 0 Å². The number of rotatable bonds is 7. The van der Waals surface area contributed by atoms with Crippen molar-refractivity contribution in [2.24, 2.45) is 5.41 Å². The van der Waals surface area contributed by atoms with Crippen LogP contribution in [0.1, 0.15) is 50.3 Å².